The molecule has 0 aliphatic carbocycles. The van der Waals surface area contributed by atoms with Crippen LogP contribution in [0.25, 0.3) is 0 Å². The van der Waals surface area contributed by atoms with Gasteiger partial charge in [-0.3, -0.25) is 9.59 Å². The summed E-state index contributed by atoms with van der Waals surface area (Å²) in [4.78, 5) is 25.0. The largest absolute Gasteiger partial charge is 0.352 e. The quantitative estimate of drug-likeness (QED) is 0.681. The van der Waals surface area contributed by atoms with Crippen molar-refractivity contribution in [3.63, 3.8) is 0 Å². The molecule has 5 nitrogen and oxygen atoms in total. The maximum atomic E-state index is 12.5. The van der Waals surface area contributed by atoms with Crippen LogP contribution in [-0.2, 0) is 6.42 Å². The van der Waals surface area contributed by atoms with Gasteiger partial charge >= 0.3 is 0 Å². The Morgan fingerprint density at radius 1 is 1.19 bits per heavy atom. The molecule has 0 saturated carbocycles. The van der Waals surface area contributed by atoms with Crippen molar-refractivity contribution in [1.82, 2.24) is 10.6 Å². The van der Waals surface area contributed by atoms with Gasteiger partial charge in [0.25, 0.3) is 11.8 Å². The molecule has 3 N–H and O–H groups in total. The van der Waals surface area contributed by atoms with Gasteiger partial charge in [-0.05, 0) is 73.8 Å². The van der Waals surface area contributed by atoms with Crippen molar-refractivity contribution in [2.75, 3.05) is 25.0 Å². The zero-order valence-electron chi connectivity index (χ0n) is 15.7. The van der Waals surface area contributed by atoms with Crippen LogP contribution in [0.4, 0.5) is 5.00 Å². The first-order valence-corrected chi connectivity index (χ1v) is 10.5. The maximum Gasteiger partial charge on any atom is 0.256 e. The molecule has 0 radical (unpaired) electrons. The number of hydrogen-bond acceptors (Lipinski definition) is 4. The topological polar surface area (TPSA) is 70.2 Å². The number of anilines is 1. The minimum absolute atomic E-state index is 0.128. The van der Waals surface area contributed by atoms with Gasteiger partial charge in [-0.25, -0.2) is 0 Å². The van der Waals surface area contributed by atoms with Gasteiger partial charge in [0.05, 0.1) is 5.56 Å². The number of amides is 2. The molecular weight excluding hydrogens is 358 g/mol. The number of carbonyl (C=O) groups excluding carboxylic acids is 2. The average molecular weight is 386 g/mol. The Hall–Kier alpha value is -2.18. The van der Waals surface area contributed by atoms with Crippen molar-refractivity contribution in [3.05, 3.63) is 52.4 Å². The number of hydrogen-bond donors (Lipinski definition) is 3. The summed E-state index contributed by atoms with van der Waals surface area (Å²) in [6.07, 6.45) is 4.35. The first-order chi connectivity index (χ1) is 13.2. The third-order valence-corrected chi connectivity index (χ3v) is 5.83. The Bertz CT molecular complexity index is 764. The lowest BCUT2D eigenvalue weighted by atomic mass is 9.96. The van der Waals surface area contributed by atoms with E-state index in [0.29, 0.717) is 28.6 Å². The van der Waals surface area contributed by atoms with E-state index in [9.17, 15) is 9.59 Å². The summed E-state index contributed by atoms with van der Waals surface area (Å²) in [5, 5.41) is 11.7. The molecule has 1 aromatic carbocycles. The monoisotopic (exact) mass is 385 g/mol. The summed E-state index contributed by atoms with van der Waals surface area (Å²) in [6.45, 7) is 4.87. The van der Waals surface area contributed by atoms with Crippen LogP contribution in [0.1, 0.15) is 52.5 Å². The number of carbonyl (C=O) groups is 2. The molecule has 2 heterocycles. The van der Waals surface area contributed by atoms with Crippen LogP contribution in [0.3, 0.4) is 0 Å². The van der Waals surface area contributed by atoms with E-state index in [-0.39, 0.29) is 11.8 Å². The molecule has 1 fully saturated rings. The smallest absolute Gasteiger partial charge is 0.256 e. The number of benzene rings is 1. The molecule has 2 aromatic rings. The van der Waals surface area contributed by atoms with Crippen molar-refractivity contribution < 1.29 is 9.59 Å². The highest BCUT2D eigenvalue weighted by Gasteiger charge is 2.17. The van der Waals surface area contributed by atoms with E-state index in [4.69, 9.17) is 0 Å². The summed E-state index contributed by atoms with van der Waals surface area (Å²) in [5.41, 5.74) is 2.31. The van der Waals surface area contributed by atoms with Crippen molar-refractivity contribution >= 4 is 28.2 Å². The molecule has 1 unspecified atom stereocenters. The standard InChI is InChI=1S/C21H27N3O2S/c1-2-15-5-7-17(8-6-15)19(25)24-21-18(10-13-27-21)20(26)23-12-9-16-4-3-11-22-14-16/h5-8,10,13,16,22H,2-4,9,11-12,14H2,1H3,(H,23,26)(H,24,25). The summed E-state index contributed by atoms with van der Waals surface area (Å²) < 4.78 is 0. The number of thiophene rings is 1. The first-order valence-electron chi connectivity index (χ1n) is 9.64. The Balaban J connectivity index is 1.54. The normalized spacial score (nSPS) is 16.7. The van der Waals surface area contributed by atoms with Gasteiger partial charge in [-0.15, -0.1) is 11.3 Å². The van der Waals surface area contributed by atoms with Crippen LogP contribution >= 0.6 is 11.3 Å². The Morgan fingerprint density at radius 2 is 2.00 bits per heavy atom. The minimum Gasteiger partial charge on any atom is -0.352 e. The van der Waals surface area contributed by atoms with Gasteiger partial charge in [0.15, 0.2) is 0 Å². The van der Waals surface area contributed by atoms with Crippen LogP contribution < -0.4 is 16.0 Å². The van der Waals surface area contributed by atoms with Crippen molar-refractivity contribution in [2.45, 2.75) is 32.6 Å². The second-order valence-corrected chi connectivity index (χ2v) is 7.84. The lowest BCUT2D eigenvalue weighted by Gasteiger charge is -2.22. The minimum atomic E-state index is -0.192. The van der Waals surface area contributed by atoms with Crippen molar-refractivity contribution in [3.8, 4) is 0 Å². The Kier molecular flexibility index (Phi) is 7.01. The second-order valence-electron chi connectivity index (χ2n) is 6.92. The van der Waals surface area contributed by atoms with Crippen molar-refractivity contribution in [1.29, 1.82) is 0 Å². The molecule has 144 valence electrons. The molecule has 1 aliphatic heterocycles. The number of piperidine rings is 1. The molecule has 3 rings (SSSR count). The highest BCUT2D eigenvalue weighted by molar-refractivity contribution is 7.14. The molecule has 1 atom stereocenters. The maximum absolute atomic E-state index is 12.5. The highest BCUT2D eigenvalue weighted by Crippen LogP contribution is 2.24. The highest BCUT2D eigenvalue weighted by atomic mass is 32.1. The summed E-state index contributed by atoms with van der Waals surface area (Å²) in [7, 11) is 0. The Morgan fingerprint density at radius 3 is 2.70 bits per heavy atom. The van der Waals surface area contributed by atoms with Gasteiger partial charge < -0.3 is 16.0 Å². The van der Waals surface area contributed by atoms with Crippen LogP contribution in [0, 0.1) is 5.92 Å². The number of rotatable bonds is 7. The van der Waals surface area contributed by atoms with E-state index in [1.807, 2.05) is 29.6 Å². The predicted octanol–water partition coefficient (Wildman–Crippen LogP) is 3.68. The zero-order valence-corrected chi connectivity index (χ0v) is 16.5. The molecule has 6 heteroatoms. The van der Waals surface area contributed by atoms with Crippen LogP contribution in [0.5, 0.6) is 0 Å². The molecular formula is C21H27N3O2S. The van der Waals surface area contributed by atoms with E-state index < -0.39 is 0 Å². The molecule has 0 bridgehead atoms. The first kappa shape index (κ1) is 19.6. The van der Waals surface area contributed by atoms with Gasteiger partial charge in [0.1, 0.15) is 5.00 Å². The van der Waals surface area contributed by atoms with E-state index in [0.717, 1.165) is 25.9 Å². The fourth-order valence-corrected chi connectivity index (χ4v) is 4.09. The molecule has 1 aliphatic rings. The van der Waals surface area contributed by atoms with Crippen LogP contribution in [0.15, 0.2) is 35.7 Å². The number of aryl methyl sites for hydroxylation is 1. The SMILES string of the molecule is CCc1ccc(C(=O)Nc2sccc2C(=O)NCCC2CCCNC2)cc1. The van der Waals surface area contributed by atoms with E-state index in [1.165, 1.54) is 29.7 Å². The Labute approximate surface area is 164 Å². The molecule has 2 amide bonds. The molecule has 27 heavy (non-hydrogen) atoms. The molecule has 1 aromatic heterocycles. The lowest BCUT2D eigenvalue weighted by molar-refractivity contribution is 0.0952. The fraction of sp³-hybridized carbons (Fsp3) is 0.429. The second kappa shape index (κ2) is 9.67. The van der Waals surface area contributed by atoms with E-state index in [1.54, 1.807) is 6.07 Å². The van der Waals surface area contributed by atoms with Gasteiger partial charge in [-0.2, -0.15) is 0 Å². The lowest BCUT2D eigenvalue weighted by Crippen LogP contribution is -2.33. The average Bonchev–Trinajstić information content (AvgIpc) is 3.17. The van der Waals surface area contributed by atoms with Crippen LogP contribution in [0.2, 0.25) is 0 Å². The predicted molar refractivity (Wildman–Crippen MR) is 111 cm³/mol. The third kappa shape index (κ3) is 5.40. The third-order valence-electron chi connectivity index (χ3n) is 5.00. The van der Waals surface area contributed by atoms with Crippen LogP contribution in [-0.4, -0.2) is 31.4 Å². The summed E-state index contributed by atoms with van der Waals surface area (Å²) in [5.74, 6) is 0.311. The molecule has 0 spiro atoms. The molecule has 1 saturated heterocycles. The summed E-state index contributed by atoms with van der Waals surface area (Å²) >= 11 is 1.37. The van der Waals surface area contributed by atoms with Crippen molar-refractivity contribution in [2.24, 2.45) is 5.92 Å². The van der Waals surface area contributed by atoms with E-state index in [2.05, 4.69) is 22.9 Å². The zero-order chi connectivity index (χ0) is 19.1. The van der Waals surface area contributed by atoms with Gasteiger partial charge in [-0.1, -0.05) is 19.1 Å². The van der Waals surface area contributed by atoms with Gasteiger partial charge in [0.2, 0.25) is 0 Å². The number of nitrogens with one attached hydrogen (secondary N) is 3. The summed E-state index contributed by atoms with van der Waals surface area (Å²) in [6, 6.07) is 9.31. The van der Waals surface area contributed by atoms with Gasteiger partial charge in [0, 0.05) is 12.1 Å². The fourth-order valence-electron chi connectivity index (χ4n) is 3.31. The van der Waals surface area contributed by atoms with E-state index >= 15 is 0 Å².